The minimum absolute atomic E-state index is 0.316. The predicted octanol–water partition coefficient (Wildman–Crippen LogP) is 4.95. The van der Waals surface area contributed by atoms with Crippen molar-refractivity contribution in [1.29, 1.82) is 0 Å². The molecule has 114 valence electrons. The smallest absolute Gasteiger partial charge is 0.119 e. The first-order valence-electron chi connectivity index (χ1n) is 7.88. The van der Waals surface area contributed by atoms with Crippen molar-refractivity contribution >= 4 is 0 Å². The second-order valence-corrected chi connectivity index (χ2v) is 6.79. The van der Waals surface area contributed by atoms with Gasteiger partial charge in [0.15, 0.2) is 0 Å². The van der Waals surface area contributed by atoms with E-state index in [9.17, 15) is 0 Å². The maximum Gasteiger partial charge on any atom is 0.119 e. The maximum atomic E-state index is 5.74. The van der Waals surface area contributed by atoms with E-state index in [0.29, 0.717) is 11.5 Å². The van der Waals surface area contributed by atoms with Crippen molar-refractivity contribution in [2.75, 3.05) is 13.2 Å². The Labute approximate surface area is 124 Å². The molecule has 0 aromatic heterocycles. The van der Waals surface area contributed by atoms with E-state index in [1.54, 1.807) is 0 Å². The van der Waals surface area contributed by atoms with E-state index in [1.165, 1.54) is 18.4 Å². The topological polar surface area (TPSA) is 21.3 Å². The van der Waals surface area contributed by atoms with Crippen molar-refractivity contribution in [1.82, 2.24) is 5.32 Å². The average Bonchev–Trinajstić information content (AvgIpc) is 2.41. The number of nitrogens with one attached hydrogen (secondary N) is 1. The molecule has 20 heavy (non-hydrogen) atoms. The zero-order chi connectivity index (χ0) is 15.0. The molecule has 0 saturated heterocycles. The van der Waals surface area contributed by atoms with Crippen LogP contribution in [0.15, 0.2) is 24.3 Å². The van der Waals surface area contributed by atoms with Crippen molar-refractivity contribution in [2.45, 2.75) is 59.9 Å². The molecule has 1 N–H and O–H groups in total. The molecule has 0 aliphatic rings. The fourth-order valence-electron chi connectivity index (χ4n) is 1.97. The quantitative estimate of drug-likeness (QED) is 0.679. The minimum atomic E-state index is 0.316. The molecule has 1 atom stereocenters. The number of hydrogen-bond acceptors (Lipinski definition) is 2. The molecule has 1 unspecified atom stereocenters. The van der Waals surface area contributed by atoms with Gasteiger partial charge in [0.05, 0.1) is 6.61 Å². The molecule has 0 aliphatic carbocycles. The number of benzene rings is 1. The number of hydrogen-bond donors (Lipinski definition) is 1. The Hall–Kier alpha value is -1.02. The highest BCUT2D eigenvalue weighted by atomic mass is 16.5. The highest BCUT2D eigenvalue weighted by molar-refractivity contribution is 5.28. The summed E-state index contributed by atoms with van der Waals surface area (Å²) >= 11 is 0. The molecule has 0 spiro atoms. The Morgan fingerprint density at radius 1 is 1.10 bits per heavy atom. The van der Waals surface area contributed by atoms with Crippen molar-refractivity contribution in [3.63, 3.8) is 0 Å². The lowest BCUT2D eigenvalue weighted by Crippen LogP contribution is -2.29. The summed E-state index contributed by atoms with van der Waals surface area (Å²) in [7, 11) is 0. The lowest BCUT2D eigenvalue weighted by atomic mass is 9.96. The Morgan fingerprint density at radius 2 is 1.75 bits per heavy atom. The molecule has 2 nitrogen and oxygen atoms in total. The standard InChI is InChI=1S/C18H31NO/c1-6-7-8-13-20-17-11-9-16(10-12-17)15(2)19-14-18(3,4)5/h9-12,15,19H,6-8,13-14H2,1-5H3. The first-order valence-corrected chi connectivity index (χ1v) is 7.88. The highest BCUT2D eigenvalue weighted by Crippen LogP contribution is 2.19. The first-order chi connectivity index (χ1) is 9.42. The van der Waals surface area contributed by atoms with Gasteiger partial charge in [0.2, 0.25) is 0 Å². The summed E-state index contributed by atoms with van der Waals surface area (Å²) in [5.74, 6) is 0.980. The second kappa shape index (κ2) is 8.31. The molecule has 1 aromatic rings. The summed E-state index contributed by atoms with van der Waals surface area (Å²) < 4.78 is 5.74. The fourth-order valence-corrected chi connectivity index (χ4v) is 1.97. The summed E-state index contributed by atoms with van der Waals surface area (Å²) in [4.78, 5) is 0. The van der Waals surface area contributed by atoms with E-state index in [1.807, 2.05) is 0 Å². The van der Waals surface area contributed by atoms with Crippen LogP contribution in [-0.2, 0) is 0 Å². The summed E-state index contributed by atoms with van der Waals surface area (Å²) in [6.45, 7) is 13.0. The molecule has 0 fully saturated rings. The largest absolute Gasteiger partial charge is 0.494 e. The van der Waals surface area contributed by atoms with Gasteiger partial charge in [-0.25, -0.2) is 0 Å². The van der Waals surface area contributed by atoms with Crippen LogP contribution >= 0.6 is 0 Å². The zero-order valence-corrected chi connectivity index (χ0v) is 13.8. The van der Waals surface area contributed by atoms with Crippen molar-refractivity contribution in [2.24, 2.45) is 5.41 Å². The van der Waals surface area contributed by atoms with Crippen LogP contribution in [-0.4, -0.2) is 13.2 Å². The van der Waals surface area contributed by atoms with Crippen molar-refractivity contribution < 1.29 is 4.74 Å². The monoisotopic (exact) mass is 277 g/mol. The molecular formula is C18H31NO. The Bertz CT molecular complexity index is 364. The van der Waals surface area contributed by atoms with Crippen molar-refractivity contribution in [3.8, 4) is 5.75 Å². The Kier molecular flexibility index (Phi) is 7.08. The van der Waals surface area contributed by atoms with E-state index in [-0.39, 0.29) is 0 Å². The number of ether oxygens (including phenoxy) is 1. The van der Waals surface area contributed by atoms with Gasteiger partial charge in [-0.15, -0.1) is 0 Å². The van der Waals surface area contributed by atoms with E-state index in [2.05, 4.69) is 64.2 Å². The van der Waals surface area contributed by atoms with E-state index >= 15 is 0 Å². The van der Waals surface area contributed by atoms with Crippen LogP contribution in [0.1, 0.15) is 65.5 Å². The van der Waals surface area contributed by atoms with Gasteiger partial charge in [0.1, 0.15) is 5.75 Å². The third-order valence-corrected chi connectivity index (χ3v) is 3.34. The van der Waals surface area contributed by atoms with Gasteiger partial charge in [-0.1, -0.05) is 52.7 Å². The van der Waals surface area contributed by atoms with Crippen LogP contribution in [0.3, 0.4) is 0 Å². The minimum Gasteiger partial charge on any atom is -0.494 e. The molecule has 0 bridgehead atoms. The summed E-state index contributed by atoms with van der Waals surface area (Å²) in [5, 5.41) is 3.58. The van der Waals surface area contributed by atoms with Gasteiger partial charge >= 0.3 is 0 Å². The number of rotatable bonds is 8. The summed E-state index contributed by atoms with van der Waals surface area (Å²) in [6, 6.07) is 8.86. The normalized spacial score (nSPS) is 13.2. The molecule has 0 aliphatic heterocycles. The van der Waals surface area contributed by atoms with E-state index in [0.717, 1.165) is 25.3 Å². The van der Waals surface area contributed by atoms with Crippen molar-refractivity contribution in [3.05, 3.63) is 29.8 Å². The van der Waals surface area contributed by atoms with Gasteiger partial charge in [-0.3, -0.25) is 0 Å². The predicted molar refractivity (Wildman–Crippen MR) is 87.3 cm³/mol. The third-order valence-electron chi connectivity index (χ3n) is 3.34. The third kappa shape index (κ3) is 6.95. The van der Waals surface area contributed by atoms with Crippen LogP contribution < -0.4 is 10.1 Å². The van der Waals surface area contributed by atoms with Crippen LogP contribution in [0.5, 0.6) is 5.75 Å². The van der Waals surface area contributed by atoms with Crippen LogP contribution in [0.2, 0.25) is 0 Å². The molecule has 0 amide bonds. The summed E-state index contributed by atoms with van der Waals surface area (Å²) in [5.41, 5.74) is 1.63. The molecule has 1 aromatic carbocycles. The molecule has 0 heterocycles. The SMILES string of the molecule is CCCCCOc1ccc(C(C)NCC(C)(C)C)cc1. The van der Waals surface area contributed by atoms with Crippen LogP contribution in [0.4, 0.5) is 0 Å². The van der Waals surface area contributed by atoms with Gasteiger partial charge in [0, 0.05) is 12.6 Å². The zero-order valence-electron chi connectivity index (χ0n) is 13.8. The second-order valence-electron chi connectivity index (χ2n) is 6.79. The molecule has 0 radical (unpaired) electrons. The average molecular weight is 277 g/mol. The molecule has 1 rings (SSSR count). The number of unbranched alkanes of at least 4 members (excludes halogenated alkanes) is 2. The van der Waals surface area contributed by atoms with Crippen LogP contribution in [0.25, 0.3) is 0 Å². The fraction of sp³-hybridized carbons (Fsp3) is 0.667. The van der Waals surface area contributed by atoms with Gasteiger partial charge in [-0.05, 0) is 36.5 Å². The summed E-state index contributed by atoms with van der Waals surface area (Å²) in [6.07, 6.45) is 3.62. The van der Waals surface area contributed by atoms with E-state index < -0.39 is 0 Å². The molecule has 0 saturated carbocycles. The van der Waals surface area contributed by atoms with Crippen LogP contribution in [0, 0.1) is 5.41 Å². The first kappa shape index (κ1) is 17.0. The van der Waals surface area contributed by atoms with Gasteiger partial charge < -0.3 is 10.1 Å². The lowest BCUT2D eigenvalue weighted by molar-refractivity contribution is 0.306. The van der Waals surface area contributed by atoms with E-state index in [4.69, 9.17) is 4.74 Å². The molecular weight excluding hydrogens is 246 g/mol. The lowest BCUT2D eigenvalue weighted by Gasteiger charge is -2.23. The highest BCUT2D eigenvalue weighted by Gasteiger charge is 2.12. The van der Waals surface area contributed by atoms with Gasteiger partial charge in [0.25, 0.3) is 0 Å². The Balaban J connectivity index is 2.41. The Morgan fingerprint density at radius 3 is 2.30 bits per heavy atom. The maximum absolute atomic E-state index is 5.74. The molecule has 2 heteroatoms. The van der Waals surface area contributed by atoms with Gasteiger partial charge in [-0.2, -0.15) is 0 Å².